The fraction of sp³-hybridized carbons (Fsp3) is 0.375. The molecule has 1 aliphatic rings. The summed E-state index contributed by atoms with van der Waals surface area (Å²) in [5.41, 5.74) is 6.30. The minimum absolute atomic E-state index is 0.0330. The number of sulfone groups is 1. The van der Waals surface area contributed by atoms with E-state index in [2.05, 4.69) is 5.32 Å². The van der Waals surface area contributed by atoms with Crippen LogP contribution in [-0.4, -0.2) is 43.3 Å². The van der Waals surface area contributed by atoms with Crippen LogP contribution in [0, 0.1) is 11.3 Å². The number of carbonyl (C=O) groups excluding carboxylic acids is 1. The van der Waals surface area contributed by atoms with Gasteiger partial charge in [-0.3, -0.25) is 4.79 Å². The van der Waals surface area contributed by atoms with E-state index in [-0.39, 0.29) is 23.1 Å². The highest BCUT2D eigenvalue weighted by Crippen LogP contribution is 2.23. The van der Waals surface area contributed by atoms with Crippen LogP contribution >= 0.6 is 11.6 Å². The zero-order valence-electron chi connectivity index (χ0n) is 13.7. The molecule has 1 atom stereocenters. The molecule has 1 heterocycles. The van der Waals surface area contributed by atoms with E-state index in [1.165, 1.54) is 12.3 Å². The maximum atomic E-state index is 12.3. The van der Waals surface area contributed by atoms with Crippen LogP contribution in [0.2, 0.25) is 5.02 Å². The average Bonchev–Trinajstić information content (AvgIpc) is 2.92. The van der Waals surface area contributed by atoms with Crippen molar-refractivity contribution < 1.29 is 13.2 Å². The van der Waals surface area contributed by atoms with Gasteiger partial charge in [0.25, 0.3) is 5.91 Å². The summed E-state index contributed by atoms with van der Waals surface area (Å²) < 4.78 is 23.3. The van der Waals surface area contributed by atoms with Crippen molar-refractivity contribution in [2.75, 3.05) is 29.1 Å². The predicted molar refractivity (Wildman–Crippen MR) is 97.6 cm³/mol. The van der Waals surface area contributed by atoms with Crippen molar-refractivity contribution in [2.45, 2.75) is 19.4 Å². The van der Waals surface area contributed by atoms with Gasteiger partial charge in [0.15, 0.2) is 9.84 Å². The molecule has 0 saturated carbocycles. The Labute approximate surface area is 152 Å². The van der Waals surface area contributed by atoms with Gasteiger partial charge in [-0.1, -0.05) is 11.6 Å². The van der Waals surface area contributed by atoms with Crippen molar-refractivity contribution in [3.63, 3.8) is 0 Å². The van der Waals surface area contributed by atoms with E-state index in [1.54, 1.807) is 17.0 Å². The van der Waals surface area contributed by atoms with Crippen LogP contribution in [0.5, 0.6) is 0 Å². The molecule has 1 saturated heterocycles. The number of carbonyl (C=O) groups is 1. The van der Waals surface area contributed by atoms with Crippen molar-refractivity contribution >= 4 is 38.7 Å². The molecule has 1 aromatic carbocycles. The van der Waals surface area contributed by atoms with Crippen LogP contribution in [0.1, 0.15) is 13.3 Å². The lowest BCUT2D eigenvalue weighted by molar-refractivity contribution is -0.112. The Morgan fingerprint density at radius 1 is 1.56 bits per heavy atom. The summed E-state index contributed by atoms with van der Waals surface area (Å²) in [5.74, 6) is -0.437. The molecular formula is C16H19ClN4O3S. The Balaban J connectivity index is 2.16. The first-order valence-electron chi connectivity index (χ1n) is 7.70. The minimum Gasteiger partial charge on any atom is -0.398 e. The first-order chi connectivity index (χ1) is 11.8. The van der Waals surface area contributed by atoms with Crippen LogP contribution in [0.15, 0.2) is 30.0 Å². The summed E-state index contributed by atoms with van der Waals surface area (Å²) in [5, 5.41) is 12.2. The van der Waals surface area contributed by atoms with Crippen LogP contribution in [0.25, 0.3) is 0 Å². The fourth-order valence-electron chi connectivity index (χ4n) is 2.60. The maximum Gasteiger partial charge on any atom is 0.267 e. The number of halogens is 1. The third-order valence-electron chi connectivity index (χ3n) is 3.96. The number of nitrogens with zero attached hydrogens (tertiary/aromatic N) is 2. The summed E-state index contributed by atoms with van der Waals surface area (Å²) in [6, 6.07) is 6.25. The molecule has 9 heteroatoms. The third-order valence-corrected chi connectivity index (χ3v) is 6.04. The van der Waals surface area contributed by atoms with Crippen molar-refractivity contribution in [1.82, 2.24) is 4.90 Å². The smallest absolute Gasteiger partial charge is 0.267 e. The van der Waals surface area contributed by atoms with E-state index in [9.17, 15) is 18.5 Å². The highest BCUT2D eigenvalue weighted by Gasteiger charge is 2.31. The Morgan fingerprint density at radius 2 is 2.28 bits per heavy atom. The Hall–Kier alpha value is -2.24. The van der Waals surface area contributed by atoms with E-state index >= 15 is 0 Å². The monoisotopic (exact) mass is 382 g/mol. The molecule has 25 heavy (non-hydrogen) atoms. The van der Waals surface area contributed by atoms with E-state index in [0.717, 1.165) is 0 Å². The second-order valence-corrected chi connectivity index (χ2v) is 8.37. The summed E-state index contributed by atoms with van der Waals surface area (Å²) in [6.07, 6.45) is 1.90. The number of nitrogens with two attached hydrogens (primary N) is 1. The summed E-state index contributed by atoms with van der Waals surface area (Å²) in [4.78, 5) is 14.0. The van der Waals surface area contributed by atoms with Crippen molar-refractivity contribution in [1.29, 1.82) is 5.26 Å². The summed E-state index contributed by atoms with van der Waals surface area (Å²) >= 11 is 5.91. The number of anilines is 2. The van der Waals surface area contributed by atoms with Crippen molar-refractivity contribution in [2.24, 2.45) is 0 Å². The summed E-state index contributed by atoms with van der Waals surface area (Å²) in [6.45, 7) is 2.33. The maximum absolute atomic E-state index is 12.3. The number of rotatable bonds is 5. The van der Waals surface area contributed by atoms with Crippen LogP contribution in [0.4, 0.5) is 11.4 Å². The molecule has 0 radical (unpaired) electrons. The standard InChI is InChI=1S/C16H19ClN4O3S/c1-2-21(13-5-6-25(23,24)10-13)9-11(8-18)16(22)20-12-3-4-15(19)14(17)7-12/h3-4,7,9,13H,2,5-6,10,19H2,1H3,(H,20,22)/b11-9-. The van der Waals surface area contributed by atoms with Gasteiger partial charge in [0.2, 0.25) is 0 Å². The number of nitrogen functional groups attached to an aromatic ring is 1. The Bertz CT molecular complexity index is 845. The van der Waals surface area contributed by atoms with E-state index in [4.69, 9.17) is 17.3 Å². The quantitative estimate of drug-likeness (QED) is 0.455. The lowest BCUT2D eigenvalue weighted by atomic mass is 10.2. The van der Waals surface area contributed by atoms with Crippen LogP contribution < -0.4 is 11.1 Å². The number of hydrogen-bond donors (Lipinski definition) is 2. The van der Waals surface area contributed by atoms with Gasteiger partial charge >= 0.3 is 0 Å². The molecule has 7 nitrogen and oxygen atoms in total. The number of benzene rings is 1. The number of nitrogens with one attached hydrogen (secondary N) is 1. The first kappa shape index (κ1) is 19.1. The molecule has 0 aromatic heterocycles. The molecule has 0 aliphatic carbocycles. The third kappa shape index (κ3) is 4.87. The highest BCUT2D eigenvalue weighted by molar-refractivity contribution is 7.91. The van der Waals surface area contributed by atoms with Gasteiger partial charge in [0.1, 0.15) is 11.6 Å². The van der Waals surface area contributed by atoms with Crippen molar-refractivity contribution in [3.05, 3.63) is 35.0 Å². The number of nitriles is 1. The van der Waals surface area contributed by atoms with Gasteiger partial charge in [0, 0.05) is 24.5 Å². The lowest BCUT2D eigenvalue weighted by Crippen LogP contribution is -2.32. The second kappa shape index (κ2) is 7.76. The predicted octanol–water partition coefficient (Wildman–Crippen LogP) is 1.78. The van der Waals surface area contributed by atoms with E-state index in [1.807, 2.05) is 13.0 Å². The Kier molecular flexibility index (Phi) is 5.93. The number of hydrogen-bond acceptors (Lipinski definition) is 6. The Morgan fingerprint density at radius 3 is 2.80 bits per heavy atom. The molecule has 1 unspecified atom stereocenters. The van der Waals surface area contributed by atoms with Gasteiger partial charge in [-0.2, -0.15) is 5.26 Å². The van der Waals surface area contributed by atoms with Gasteiger partial charge in [-0.15, -0.1) is 0 Å². The highest BCUT2D eigenvalue weighted by atomic mass is 35.5. The van der Waals surface area contributed by atoms with E-state index in [0.29, 0.717) is 29.4 Å². The van der Waals surface area contributed by atoms with Crippen molar-refractivity contribution in [3.8, 4) is 6.07 Å². The SMILES string of the molecule is CCN(/C=C(/C#N)C(=O)Nc1ccc(N)c(Cl)c1)C1CCS(=O)(=O)C1. The molecule has 1 aromatic rings. The van der Waals surface area contributed by atoms with E-state index < -0.39 is 15.7 Å². The largest absolute Gasteiger partial charge is 0.398 e. The summed E-state index contributed by atoms with van der Waals surface area (Å²) in [7, 11) is -3.05. The fourth-order valence-corrected chi connectivity index (χ4v) is 4.52. The molecule has 1 aliphatic heterocycles. The zero-order chi connectivity index (χ0) is 18.6. The molecule has 2 rings (SSSR count). The molecular weight excluding hydrogens is 364 g/mol. The number of amides is 1. The molecule has 1 fully saturated rings. The zero-order valence-corrected chi connectivity index (χ0v) is 15.3. The molecule has 3 N–H and O–H groups in total. The molecule has 1 amide bonds. The second-order valence-electron chi connectivity index (χ2n) is 5.73. The normalized spacial score (nSPS) is 19.2. The molecule has 0 spiro atoms. The first-order valence-corrected chi connectivity index (χ1v) is 9.90. The van der Waals surface area contributed by atoms with Gasteiger partial charge in [-0.25, -0.2) is 8.42 Å². The van der Waals surface area contributed by atoms with Gasteiger partial charge in [-0.05, 0) is 31.5 Å². The molecule has 0 bridgehead atoms. The van der Waals surface area contributed by atoms with Gasteiger partial charge < -0.3 is 16.0 Å². The topological polar surface area (TPSA) is 116 Å². The average molecular weight is 383 g/mol. The van der Waals surface area contributed by atoms with Gasteiger partial charge in [0.05, 0.1) is 22.2 Å². The van der Waals surface area contributed by atoms with Crippen LogP contribution in [0.3, 0.4) is 0 Å². The molecule has 134 valence electrons. The lowest BCUT2D eigenvalue weighted by Gasteiger charge is -2.25. The van der Waals surface area contributed by atoms with Crippen LogP contribution in [-0.2, 0) is 14.6 Å². The minimum atomic E-state index is -3.05.